The highest BCUT2D eigenvalue weighted by Gasteiger charge is 2.47. The molecule has 1 atom stereocenters. The number of ether oxygens (including phenoxy) is 3. The van der Waals surface area contributed by atoms with Gasteiger partial charge in [-0.1, -0.05) is 36.4 Å². The first-order valence-corrected chi connectivity index (χ1v) is 10.8. The number of hydrogen-bond acceptors (Lipinski definition) is 6. The molecule has 3 aromatic rings. The quantitative estimate of drug-likeness (QED) is 0.312. The molecular weight excluding hydrogens is 434 g/mol. The summed E-state index contributed by atoms with van der Waals surface area (Å²) in [5.41, 5.74) is 1.52. The molecule has 0 radical (unpaired) electrons. The summed E-state index contributed by atoms with van der Waals surface area (Å²) in [5.74, 6) is -0.150. The van der Waals surface area contributed by atoms with E-state index in [0.29, 0.717) is 40.7 Å². The summed E-state index contributed by atoms with van der Waals surface area (Å²) in [6.07, 6.45) is 0. The molecule has 1 N–H and O–H groups in total. The topological polar surface area (TPSA) is 85.3 Å². The third kappa shape index (κ3) is 4.08. The lowest BCUT2D eigenvalue weighted by Crippen LogP contribution is -2.29. The lowest BCUT2D eigenvalue weighted by molar-refractivity contribution is -0.132. The zero-order valence-electron chi connectivity index (χ0n) is 19.1. The monoisotopic (exact) mass is 459 g/mol. The van der Waals surface area contributed by atoms with E-state index in [1.165, 1.54) is 19.1 Å². The van der Waals surface area contributed by atoms with E-state index < -0.39 is 17.7 Å². The number of rotatable bonds is 7. The van der Waals surface area contributed by atoms with Crippen LogP contribution in [-0.2, 0) is 9.59 Å². The third-order valence-electron chi connectivity index (χ3n) is 5.64. The molecular formula is C27H25NO6. The number of Topliss-reactive ketones (excluding diaryl/α,β-unsaturated/α-hetero) is 1. The van der Waals surface area contributed by atoms with Crippen molar-refractivity contribution >= 4 is 23.1 Å². The highest BCUT2D eigenvalue weighted by Crippen LogP contribution is 2.44. The standard InChI is InChI=1S/C27H25NO6/c1-4-34-20-13-11-19(12-14-20)28-24(18-10-15-21(32-2)22(16-18)33-3)23(26(30)27(28)31)25(29)17-8-6-5-7-9-17/h5-16,24,29H,4H2,1-3H3/b25-23+. The van der Waals surface area contributed by atoms with Crippen molar-refractivity contribution in [2.24, 2.45) is 0 Å². The Kier molecular flexibility index (Phi) is 6.54. The van der Waals surface area contributed by atoms with Gasteiger partial charge in [0.15, 0.2) is 11.5 Å². The average molecular weight is 459 g/mol. The average Bonchev–Trinajstić information content (AvgIpc) is 3.14. The van der Waals surface area contributed by atoms with Gasteiger partial charge >= 0.3 is 0 Å². The van der Waals surface area contributed by atoms with Crippen molar-refractivity contribution in [2.45, 2.75) is 13.0 Å². The van der Waals surface area contributed by atoms with Crippen molar-refractivity contribution < 1.29 is 28.9 Å². The van der Waals surface area contributed by atoms with Crippen molar-refractivity contribution in [1.29, 1.82) is 0 Å². The normalized spacial score (nSPS) is 17.0. The Morgan fingerprint density at radius 3 is 2.21 bits per heavy atom. The number of amides is 1. The van der Waals surface area contributed by atoms with E-state index in [2.05, 4.69) is 0 Å². The predicted molar refractivity (Wildman–Crippen MR) is 128 cm³/mol. The highest BCUT2D eigenvalue weighted by molar-refractivity contribution is 6.51. The molecule has 1 amide bonds. The third-order valence-corrected chi connectivity index (χ3v) is 5.64. The maximum Gasteiger partial charge on any atom is 0.300 e. The summed E-state index contributed by atoms with van der Waals surface area (Å²) >= 11 is 0. The number of anilines is 1. The SMILES string of the molecule is CCOc1ccc(N2C(=O)C(=O)/C(=C(/O)c3ccccc3)C2c2ccc(OC)c(OC)c2)cc1. The lowest BCUT2D eigenvalue weighted by atomic mass is 9.94. The molecule has 7 nitrogen and oxygen atoms in total. The van der Waals surface area contributed by atoms with Crippen molar-refractivity contribution in [3.63, 3.8) is 0 Å². The molecule has 174 valence electrons. The van der Waals surface area contributed by atoms with Gasteiger partial charge in [-0.25, -0.2) is 0 Å². The first-order valence-electron chi connectivity index (χ1n) is 10.8. The van der Waals surface area contributed by atoms with Gasteiger partial charge in [-0.2, -0.15) is 0 Å². The van der Waals surface area contributed by atoms with E-state index in [0.717, 1.165) is 0 Å². The van der Waals surface area contributed by atoms with Crippen LogP contribution in [0.25, 0.3) is 5.76 Å². The van der Waals surface area contributed by atoms with Crippen molar-refractivity contribution in [2.75, 3.05) is 25.7 Å². The molecule has 3 aromatic carbocycles. The Balaban J connectivity index is 1.92. The largest absolute Gasteiger partial charge is 0.507 e. The van der Waals surface area contributed by atoms with Crippen LogP contribution in [0.15, 0.2) is 78.4 Å². The summed E-state index contributed by atoms with van der Waals surface area (Å²) in [4.78, 5) is 27.9. The van der Waals surface area contributed by atoms with Gasteiger partial charge in [-0.15, -0.1) is 0 Å². The fourth-order valence-electron chi connectivity index (χ4n) is 4.06. The second-order valence-corrected chi connectivity index (χ2v) is 7.58. The first kappa shape index (κ1) is 22.9. The van der Waals surface area contributed by atoms with E-state index in [-0.39, 0.29) is 11.3 Å². The number of aliphatic hydroxyl groups is 1. The Morgan fingerprint density at radius 2 is 1.59 bits per heavy atom. The zero-order valence-corrected chi connectivity index (χ0v) is 19.1. The summed E-state index contributed by atoms with van der Waals surface area (Å²) in [5, 5.41) is 11.2. The second-order valence-electron chi connectivity index (χ2n) is 7.58. The van der Waals surface area contributed by atoms with Gasteiger partial charge < -0.3 is 19.3 Å². The minimum Gasteiger partial charge on any atom is -0.507 e. The minimum absolute atomic E-state index is 0.00250. The molecule has 4 rings (SSSR count). The van der Waals surface area contributed by atoms with Crippen LogP contribution in [0.1, 0.15) is 24.1 Å². The van der Waals surface area contributed by atoms with E-state index >= 15 is 0 Å². The minimum atomic E-state index is -0.877. The van der Waals surface area contributed by atoms with E-state index in [1.54, 1.807) is 72.8 Å². The molecule has 7 heteroatoms. The first-order chi connectivity index (χ1) is 16.5. The van der Waals surface area contributed by atoms with Crippen LogP contribution in [-0.4, -0.2) is 37.6 Å². The summed E-state index contributed by atoms with van der Waals surface area (Å²) in [7, 11) is 3.04. The Hall–Kier alpha value is -4.26. The molecule has 1 aliphatic heterocycles. The highest BCUT2D eigenvalue weighted by atomic mass is 16.5. The van der Waals surface area contributed by atoms with Gasteiger partial charge in [0.25, 0.3) is 11.7 Å². The molecule has 1 fully saturated rings. The number of nitrogens with zero attached hydrogens (tertiary/aromatic N) is 1. The lowest BCUT2D eigenvalue weighted by Gasteiger charge is -2.26. The molecule has 0 spiro atoms. The van der Waals surface area contributed by atoms with Crippen LogP contribution in [0.2, 0.25) is 0 Å². The summed E-state index contributed by atoms with van der Waals surface area (Å²) in [6, 6.07) is 19.9. The van der Waals surface area contributed by atoms with Crippen LogP contribution in [0.4, 0.5) is 5.69 Å². The van der Waals surface area contributed by atoms with Crippen molar-refractivity contribution in [3.8, 4) is 17.2 Å². The number of benzene rings is 3. The smallest absolute Gasteiger partial charge is 0.300 e. The van der Waals surface area contributed by atoms with Gasteiger partial charge in [0.2, 0.25) is 0 Å². The van der Waals surface area contributed by atoms with E-state index in [9.17, 15) is 14.7 Å². The summed E-state index contributed by atoms with van der Waals surface area (Å²) < 4.78 is 16.3. The molecule has 0 saturated carbocycles. The fraction of sp³-hybridized carbons (Fsp3) is 0.185. The van der Waals surface area contributed by atoms with Gasteiger partial charge in [0, 0.05) is 11.3 Å². The molecule has 1 saturated heterocycles. The molecule has 1 aliphatic rings. The fourth-order valence-corrected chi connectivity index (χ4v) is 4.06. The number of ketones is 1. The zero-order chi connectivity index (χ0) is 24.2. The molecule has 0 aromatic heterocycles. The maximum absolute atomic E-state index is 13.3. The van der Waals surface area contributed by atoms with Gasteiger partial charge in [0.05, 0.1) is 32.4 Å². The molecule has 34 heavy (non-hydrogen) atoms. The van der Waals surface area contributed by atoms with E-state index in [1.807, 2.05) is 6.92 Å². The van der Waals surface area contributed by atoms with Crippen LogP contribution in [0, 0.1) is 0 Å². The van der Waals surface area contributed by atoms with Crippen LogP contribution < -0.4 is 19.1 Å². The Labute approximate surface area is 197 Å². The van der Waals surface area contributed by atoms with Gasteiger partial charge in [0.1, 0.15) is 11.5 Å². The second kappa shape index (κ2) is 9.70. The predicted octanol–water partition coefficient (Wildman–Crippen LogP) is 4.73. The van der Waals surface area contributed by atoms with Gasteiger partial charge in [-0.05, 0) is 48.9 Å². The molecule has 0 bridgehead atoms. The maximum atomic E-state index is 13.3. The van der Waals surface area contributed by atoms with Crippen LogP contribution >= 0.6 is 0 Å². The molecule has 0 aliphatic carbocycles. The number of carbonyl (C=O) groups excluding carboxylic acids is 2. The van der Waals surface area contributed by atoms with Crippen molar-refractivity contribution in [3.05, 3.63) is 89.5 Å². The van der Waals surface area contributed by atoms with E-state index in [4.69, 9.17) is 14.2 Å². The number of hydrogen-bond donors (Lipinski definition) is 1. The number of methoxy groups -OCH3 is 2. The Bertz CT molecular complexity index is 1230. The molecule has 1 heterocycles. The Morgan fingerprint density at radius 1 is 0.912 bits per heavy atom. The number of aliphatic hydroxyl groups excluding tert-OH is 1. The molecule has 1 unspecified atom stereocenters. The number of carbonyl (C=O) groups is 2. The summed E-state index contributed by atoms with van der Waals surface area (Å²) in [6.45, 7) is 2.39. The van der Waals surface area contributed by atoms with Crippen molar-refractivity contribution in [1.82, 2.24) is 0 Å². The van der Waals surface area contributed by atoms with Crippen LogP contribution in [0.3, 0.4) is 0 Å². The van der Waals surface area contributed by atoms with Gasteiger partial charge in [-0.3, -0.25) is 14.5 Å². The van der Waals surface area contributed by atoms with Crippen LogP contribution in [0.5, 0.6) is 17.2 Å².